The molecule has 426 valence electrons. The van der Waals surface area contributed by atoms with Crippen molar-refractivity contribution in [3.63, 3.8) is 0 Å². The van der Waals surface area contributed by atoms with E-state index in [9.17, 15) is 38.4 Å². The topological polar surface area (TPSA) is 261 Å². The van der Waals surface area contributed by atoms with Crippen LogP contribution in [0.2, 0.25) is 0 Å². The summed E-state index contributed by atoms with van der Waals surface area (Å²) >= 11 is 1.49. The molecule has 2 rings (SSSR count). The molecule has 0 unspecified atom stereocenters. The lowest BCUT2D eigenvalue weighted by atomic mass is 10.1. The molecule has 0 saturated carbocycles. The molecule has 0 spiro atoms. The number of hydrogen-bond donors (Lipinski definition) is 5. The van der Waals surface area contributed by atoms with Crippen molar-refractivity contribution in [1.82, 2.24) is 40.9 Å². The number of amides is 4. The van der Waals surface area contributed by atoms with Crippen LogP contribution in [-0.4, -0.2) is 205 Å². The van der Waals surface area contributed by atoms with E-state index in [1.165, 1.54) is 11.8 Å². The van der Waals surface area contributed by atoms with Crippen LogP contribution in [0.1, 0.15) is 125 Å². The van der Waals surface area contributed by atoms with E-state index in [1.807, 2.05) is 25.9 Å². The van der Waals surface area contributed by atoms with Gasteiger partial charge in [0.15, 0.2) is 0 Å². The van der Waals surface area contributed by atoms with E-state index in [2.05, 4.69) is 21.3 Å². The maximum Gasteiger partial charge on any atom is 0.329 e. The number of ether oxygens (including phenoxy) is 4. The predicted molar refractivity (Wildman–Crippen MR) is 290 cm³/mol. The minimum absolute atomic E-state index is 0.00704. The Morgan fingerprint density at radius 3 is 1.45 bits per heavy atom. The second kappa shape index (κ2) is 32.0. The van der Waals surface area contributed by atoms with Gasteiger partial charge in [-0.3, -0.25) is 53.2 Å². The van der Waals surface area contributed by atoms with Crippen LogP contribution < -0.4 is 27.0 Å². The Morgan fingerprint density at radius 2 is 1.03 bits per heavy atom. The van der Waals surface area contributed by atoms with Crippen LogP contribution in [0.5, 0.6) is 0 Å². The van der Waals surface area contributed by atoms with Gasteiger partial charge in [-0.05, 0) is 145 Å². The summed E-state index contributed by atoms with van der Waals surface area (Å²) in [6.07, 6.45) is 3.70. The van der Waals surface area contributed by atoms with Crippen LogP contribution in [0.3, 0.4) is 0 Å². The molecule has 1 saturated heterocycles. The number of carbonyl (C=O) groups excluding carboxylic acids is 8. The molecule has 0 aromatic heterocycles. The minimum atomic E-state index is -0.983. The molecule has 1 aromatic rings. The van der Waals surface area contributed by atoms with Crippen LogP contribution in [0.4, 0.5) is 0 Å². The van der Waals surface area contributed by atoms with Crippen molar-refractivity contribution in [2.45, 2.75) is 150 Å². The number of rotatable bonds is 24. The highest BCUT2D eigenvalue weighted by atomic mass is 32.2. The maximum atomic E-state index is 13.7. The van der Waals surface area contributed by atoms with Crippen molar-refractivity contribution in [2.75, 3.05) is 104 Å². The molecular weight excluding hydrogens is 987 g/mol. The lowest BCUT2D eigenvalue weighted by Crippen LogP contribution is -2.51. The maximum absolute atomic E-state index is 13.7. The molecule has 22 heteroatoms. The predicted octanol–water partition coefficient (Wildman–Crippen LogP) is 2.47. The van der Waals surface area contributed by atoms with Gasteiger partial charge in [-0.25, -0.2) is 4.79 Å². The zero-order valence-electron chi connectivity index (χ0n) is 47.3. The zero-order chi connectivity index (χ0) is 56.6. The first-order valence-corrected chi connectivity index (χ1v) is 27.4. The van der Waals surface area contributed by atoms with Crippen molar-refractivity contribution in [2.24, 2.45) is 5.73 Å². The highest BCUT2D eigenvalue weighted by molar-refractivity contribution is 7.98. The first-order chi connectivity index (χ1) is 34.8. The molecule has 1 aliphatic rings. The Kier molecular flexibility index (Phi) is 28.3. The number of nitrogens with zero attached hydrogens (tertiary/aromatic N) is 4. The standard InChI is InChI=1S/C53H91N9O12S/c1-50(2,3)71-44(65)35-60-24-22-59(23-25-61(36-45(66)72-51(4,5)6)27-29-62(28-26-60)37-46(67)73-52(7,8)9)34-43(64)55-32-38-17-16-18-39(31-38)47(68)58-40(20-30-75-13)48(69)56-33-42(63)57-41(19-14-15-21-54)49(70)74-53(10,11)12/h16-18,31,40-41H,14-15,19-30,32-37,54H2,1-13H3,(H,55,64)(H,56,69)(H,57,63)(H,58,68)/t40-,41-/m0/s1. The van der Waals surface area contributed by atoms with Crippen molar-refractivity contribution in [1.29, 1.82) is 0 Å². The molecule has 0 aliphatic carbocycles. The lowest BCUT2D eigenvalue weighted by molar-refractivity contribution is -0.159. The molecular formula is C53H91N9O12S. The number of benzene rings is 1. The van der Waals surface area contributed by atoms with E-state index in [1.54, 1.807) is 107 Å². The van der Waals surface area contributed by atoms with E-state index in [0.717, 1.165) is 0 Å². The Balaban J connectivity index is 2.23. The smallest absolute Gasteiger partial charge is 0.329 e. The monoisotopic (exact) mass is 1080 g/mol. The molecule has 4 amide bonds. The Bertz CT molecular complexity index is 1970. The highest BCUT2D eigenvalue weighted by Gasteiger charge is 2.29. The largest absolute Gasteiger partial charge is 0.459 e. The SMILES string of the molecule is CSCC[C@H](NC(=O)c1cccc(CNC(=O)CN2CCN(CC(=O)OC(C)(C)C)CCN(CC(=O)OC(C)(C)C)CCN(CC(=O)OC(C)(C)C)CC2)c1)C(=O)NCC(=O)N[C@@H](CCCCN)C(=O)OC(C)(C)C. The number of esters is 4. The lowest BCUT2D eigenvalue weighted by Gasteiger charge is -2.34. The van der Waals surface area contributed by atoms with Gasteiger partial charge in [0, 0.05) is 64.5 Å². The second-order valence-corrected chi connectivity index (χ2v) is 23.8. The van der Waals surface area contributed by atoms with E-state index < -0.39 is 82.6 Å². The van der Waals surface area contributed by atoms with E-state index in [-0.39, 0.29) is 50.6 Å². The molecule has 1 fully saturated rings. The summed E-state index contributed by atoms with van der Waals surface area (Å²) in [5.41, 5.74) is 3.66. The average Bonchev–Trinajstić information content (AvgIpc) is 3.26. The summed E-state index contributed by atoms with van der Waals surface area (Å²) in [5.74, 6) is -3.25. The summed E-state index contributed by atoms with van der Waals surface area (Å²) in [6, 6.07) is 4.75. The fourth-order valence-corrected chi connectivity index (χ4v) is 8.03. The number of thioether (sulfide) groups is 1. The first kappa shape index (κ1) is 66.2. The van der Waals surface area contributed by atoms with E-state index >= 15 is 0 Å². The van der Waals surface area contributed by atoms with Gasteiger partial charge in [0.1, 0.15) is 34.5 Å². The molecule has 1 aromatic carbocycles. The van der Waals surface area contributed by atoms with E-state index in [4.69, 9.17) is 24.7 Å². The number of nitrogens with one attached hydrogen (secondary N) is 4. The van der Waals surface area contributed by atoms with Gasteiger partial charge < -0.3 is 45.9 Å². The summed E-state index contributed by atoms with van der Waals surface area (Å²) < 4.78 is 22.5. The van der Waals surface area contributed by atoms with Crippen LogP contribution in [-0.2, 0) is 59.1 Å². The Labute approximate surface area is 450 Å². The van der Waals surface area contributed by atoms with Gasteiger partial charge in [-0.2, -0.15) is 11.8 Å². The summed E-state index contributed by atoms with van der Waals surface area (Å²) in [7, 11) is 0. The van der Waals surface area contributed by atoms with E-state index in [0.29, 0.717) is 89.5 Å². The van der Waals surface area contributed by atoms with Crippen LogP contribution >= 0.6 is 11.8 Å². The van der Waals surface area contributed by atoms with Crippen LogP contribution in [0, 0.1) is 0 Å². The number of hydrogen-bond acceptors (Lipinski definition) is 18. The van der Waals surface area contributed by atoms with Gasteiger partial charge in [0.2, 0.25) is 17.7 Å². The fourth-order valence-electron chi connectivity index (χ4n) is 7.56. The van der Waals surface area contributed by atoms with Crippen molar-refractivity contribution < 1.29 is 57.3 Å². The Morgan fingerprint density at radius 1 is 0.573 bits per heavy atom. The molecule has 0 radical (unpaired) electrons. The van der Waals surface area contributed by atoms with Gasteiger partial charge in [0.05, 0.1) is 32.7 Å². The van der Waals surface area contributed by atoms with Gasteiger partial charge in [-0.15, -0.1) is 0 Å². The summed E-state index contributed by atoms with van der Waals surface area (Å²) in [4.78, 5) is 114. The number of unbranched alkanes of at least 4 members (excludes halogenated alkanes) is 1. The van der Waals surface area contributed by atoms with Gasteiger partial charge in [-0.1, -0.05) is 12.1 Å². The third-order valence-electron chi connectivity index (χ3n) is 10.9. The van der Waals surface area contributed by atoms with Gasteiger partial charge in [0.25, 0.3) is 5.91 Å². The number of nitrogens with two attached hydrogens (primary N) is 1. The zero-order valence-corrected chi connectivity index (χ0v) is 48.1. The molecule has 2 atom stereocenters. The molecule has 6 N–H and O–H groups in total. The third-order valence-corrected chi connectivity index (χ3v) is 11.6. The summed E-state index contributed by atoms with van der Waals surface area (Å²) in [5, 5.41) is 11.0. The average molecular weight is 1080 g/mol. The molecule has 21 nitrogen and oxygen atoms in total. The van der Waals surface area contributed by atoms with Crippen molar-refractivity contribution >= 4 is 59.3 Å². The first-order valence-electron chi connectivity index (χ1n) is 26.0. The third kappa shape index (κ3) is 31.1. The number of carbonyl (C=O) groups is 8. The van der Waals surface area contributed by atoms with Crippen molar-refractivity contribution in [3.05, 3.63) is 35.4 Å². The normalized spacial score (nSPS) is 16.0. The molecule has 1 heterocycles. The Hall–Kier alpha value is -4.87. The van der Waals surface area contributed by atoms with Crippen LogP contribution in [0.25, 0.3) is 0 Å². The molecule has 75 heavy (non-hydrogen) atoms. The quantitative estimate of drug-likeness (QED) is 0.0566. The second-order valence-electron chi connectivity index (χ2n) is 22.8. The van der Waals surface area contributed by atoms with Gasteiger partial charge >= 0.3 is 23.9 Å². The van der Waals surface area contributed by atoms with Crippen molar-refractivity contribution in [3.8, 4) is 0 Å². The summed E-state index contributed by atoms with van der Waals surface area (Å²) in [6.45, 7) is 24.5. The molecule has 1 aliphatic heterocycles. The highest BCUT2D eigenvalue weighted by Crippen LogP contribution is 2.14. The minimum Gasteiger partial charge on any atom is -0.459 e. The molecule has 0 bridgehead atoms. The fraction of sp³-hybridized carbons (Fsp3) is 0.736. The van der Waals surface area contributed by atoms with Crippen LogP contribution in [0.15, 0.2) is 24.3 Å².